The summed E-state index contributed by atoms with van der Waals surface area (Å²) in [5.74, 6) is 0.575. The summed E-state index contributed by atoms with van der Waals surface area (Å²) in [5.41, 5.74) is 7.36. The normalized spacial score (nSPS) is 22.5. The monoisotopic (exact) mass is 336 g/mol. The van der Waals surface area contributed by atoms with Crippen LogP contribution in [-0.4, -0.2) is 19.1 Å². The van der Waals surface area contributed by atoms with Gasteiger partial charge in [-0.3, -0.25) is 0 Å². The number of anilines is 1. The molecule has 1 saturated heterocycles. The van der Waals surface area contributed by atoms with Crippen molar-refractivity contribution in [3.05, 3.63) is 28.2 Å². The van der Waals surface area contributed by atoms with E-state index in [9.17, 15) is 0 Å². The number of piperidine rings is 1. The number of halogens is 3. The van der Waals surface area contributed by atoms with Gasteiger partial charge in [-0.05, 0) is 37.0 Å². The molecule has 1 fully saturated rings. The van der Waals surface area contributed by atoms with Crippen LogP contribution < -0.4 is 10.6 Å². The number of hydrogen-bond acceptors (Lipinski definition) is 2. The predicted molar refractivity (Wildman–Crippen MR) is 91.5 cm³/mol. The number of nitrogens with two attached hydrogens (primary N) is 1. The van der Waals surface area contributed by atoms with Gasteiger partial charge in [0.05, 0.1) is 0 Å². The topological polar surface area (TPSA) is 29.3 Å². The van der Waals surface area contributed by atoms with Gasteiger partial charge in [0, 0.05) is 34.9 Å². The summed E-state index contributed by atoms with van der Waals surface area (Å²) >= 11 is 12.2. The van der Waals surface area contributed by atoms with E-state index in [2.05, 4.69) is 11.8 Å². The highest BCUT2D eigenvalue weighted by atomic mass is 35.5. The van der Waals surface area contributed by atoms with Crippen LogP contribution in [0.4, 0.5) is 5.69 Å². The SMILES string of the molecule is CCCCC1CN(c2cc(Cl)cc(Cl)c2)CCC1N.Cl. The Morgan fingerprint density at radius 2 is 1.90 bits per heavy atom. The van der Waals surface area contributed by atoms with E-state index in [0.29, 0.717) is 22.0 Å². The molecule has 2 nitrogen and oxygen atoms in total. The summed E-state index contributed by atoms with van der Waals surface area (Å²) in [5, 5.41) is 1.39. The minimum Gasteiger partial charge on any atom is -0.371 e. The van der Waals surface area contributed by atoms with Gasteiger partial charge in [0.2, 0.25) is 0 Å². The molecule has 2 rings (SSSR count). The minimum absolute atomic E-state index is 0. The molecule has 5 heteroatoms. The van der Waals surface area contributed by atoms with Gasteiger partial charge in [-0.1, -0.05) is 43.0 Å². The van der Waals surface area contributed by atoms with E-state index in [4.69, 9.17) is 28.9 Å². The molecule has 0 aliphatic carbocycles. The summed E-state index contributed by atoms with van der Waals surface area (Å²) in [6.45, 7) is 4.22. The number of benzene rings is 1. The molecule has 114 valence electrons. The maximum Gasteiger partial charge on any atom is 0.0441 e. The van der Waals surface area contributed by atoms with E-state index < -0.39 is 0 Å². The molecule has 0 bridgehead atoms. The summed E-state index contributed by atoms with van der Waals surface area (Å²) < 4.78 is 0. The maximum absolute atomic E-state index is 6.24. The van der Waals surface area contributed by atoms with Gasteiger partial charge in [-0.15, -0.1) is 12.4 Å². The van der Waals surface area contributed by atoms with Crippen LogP contribution in [0.5, 0.6) is 0 Å². The number of hydrogen-bond donors (Lipinski definition) is 1. The predicted octanol–water partition coefficient (Wildman–Crippen LogP) is 4.76. The molecule has 1 aliphatic heterocycles. The third kappa shape index (κ3) is 4.70. The van der Waals surface area contributed by atoms with Gasteiger partial charge in [0.25, 0.3) is 0 Å². The molecule has 1 aromatic rings. The largest absolute Gasteiger partial charge is 0.371 e. The van der Waals surface area contributed by atoms with Crippen molar-refractivity contribution in [1.82, 2.24) is 0 Å². The van der Waals surface area contributed by atoms with E-state index in [1.165, 1.54) is 19.3 Å². The number of rotatable bonds is 4. The molecule has 0 saturated carbocycles. The lowest BCUT2D eigenvalue weighted by Gasteiger charge is -2.38. The second-order valence-electron chi connectivity index (χ2n) is 5.43. The Labute approximate surface area is 138 Å². The van der Waals surface area contributed by atoms with Crippen molar-refractivity contribution in [3.8, 4) is 0 Å². The molecule has 1 aromatic carbocycles. The van der Waals surface area contributed by atoms with Crippen LogP contribution in [0.1, 0.15) is 32.6 Å². The van der Waals surface area contributed by atoms with Gasteiger partial charge < -0.3 is 10.6 Å². The van der Waals surface area contributed by atoms with Crippen LogP contribution in [0, 0.1) is 5.92 Å². The summed E-state index contributed by atoms with van der Waals surface area (Å²) in [4.78, 5) is 2.36. The van der Waals surface area contributed by atoms with Crippen LogP contribution in [0.3, 0.4) is 0 Å². The van der Waals surface area contributed by atoms with Crippen molar-refractivity contribution >= 4 is 41.3 Å². The van der Waals surface area contributed by atoms with Crippen molar-refractivity contribution < 1.29 is 0 Å². The summed E-state index contributed by atoms with van der Waals surface area (Å²) in [6, 6.07) is 6.08. The first-order chi connectivity index (χ1) is 9.10. The standard InChI is InChI=1S/C15H22Cl2N2.ClH/c1-2-3-4-11-10-19(6-5-15(11)18)14-8-12(16)7-13(17)9-14;/h7-9,11,15H,2-6,10,18H2,1H3;1H. The smallest absolute Gasteiger partial charge is 0.0441 e. The molecule has 0 spiro atoms. The molecule has 2 N–H and O–H groups in total. The van der Waals surface area contributed by atoms with Gasteiger partial charge >= 0.3 is 0 Å². The molecule has 20 heavy (non-hydrogen) atoms. The lowest BCUT2D eigenvalue weighted by Crippen LogP contribution is -2.47. The highest BCUT2D eigenvalue weighted by Crippen LogP contribution is 2.30. The average molecular weight is 338 g/mol. The van der Waals surface area contributed by atoms with Crippen LogP contribution in [0.25, 0.3) is 0 Å². The molecule has 0 aromatic heterocycles. The molecule has 1 heterocycles. The first-order valence-electron chi connectivity index (χ1n) is 7.06. The Bertz CT molecular complexity index is 405. The third-order valence-corrected chi connectivity index (χ3v) is 4.37. The first-order valence-corrected chi connectivity index (χ1v) is 7.82. The Kier molecular flexibility index (Phi) is 7.46. The van der Waals surface area contributed by atoms with Crippen LogP contribution in [-0.2, 0) is 0 Å². The summed E-state index contributed by atoms with van der Waals surface area (Å²) in [6.07, 6.45) is 4.73. The van der Waals surface area contributed by atoms with Crippen molar-refractivity contribution in [2.75, 3.05) is 18.0 Å². The lowest BCUT2D eigenvalue weighted by atomic mass is 9.88. The second-order valence-corrected chi connectivity index (χ2v) is 6.30. The molecule has 1 aliphatic rings. The maximum atomic E-state index is 6.24. The Morgan fingerprint density at radius 1 is 1.25 bits per heavy atom. The van der Waals surface area contributed by atoms with Crippen molar-refractivity contribution in [1.29, 1.82) is 0 Å². The Balaban J connectivity index is 0.00000200. The zero-order valence-electron chi connectivity index (χ0n) is 11.8. The van der Waals surface area contributed by atoms with E-state index >= 15 is 0 Å². The highest BCUT2D eigenvalue weighted by molar-refractivity contribution is 6.35. The van der Waals surface area contributed by atoms with Crippen LogP contribution >= 0.6 is 35.6 Å². The quantitative estimate of drug-likeness (QED) is 0.858. The van der Waals surface area contributed by atoms with Crippen molar-refractivity contribution in [2.45, 2.75) is 38.6 Å². The van der Waals surface area contributed by atoms with Crippen molar-refractivity contribution in [2.24, 2.45) is 11.7 Å². The highest BCUT2D eigenvalue weighted by Gasteiger charge is 2.26. The molecule has 2 unspecified atom stereocenters. The molecular weight excluding hydrogens is 315 g/mol. The average Bonchev–Trinajstić information content (AvgIpc) is 2.36. The summed E-state index contributed by atoms with van der Waals surface area (Å²) in [7, 11) is 0. The first kappa shape index (κ1) is 17.9. The fourth-order valence-electron chi connectivity index (χ4n) is 2.78. The van der Waals surface area contributed by atoms with E-state index in [1.807, 2.05) is 12.1 Å². The second kappa shape index (κ2) is 8.33. The van der Waals surface area contributed by atoms with Gasteiger partial charge in [-0.25, -0.2) is 0 Å². The fraction of sp³-hybridized carbons (Fsp3) is 0.600. The third-order valence-electron chi connectivity index (χ3n) is 3.93. The van der Waals surface area contributed by atoms with Crippen LogP contribution in [0.15, 0.2) is 18.2 Å². The van der Waals surface area contributed by atoms with Gasteiger partial charge in [0.15, 0.2) is 0 Å². The molecule has 2 atom stereocenters. The zero-order valence-corrected chi connectivity index (χ0v) is 14.1. The fourth-order valence-corrected chi connectivity index (χ4v) is 3.29. The number of nitrogens with zero attached hydrogens (tertiary/aromatic N) is 1. The lowest BCUT2D eigenvalue weighted by molar-refractivity contribution is 0.330. The zero-order chi connectivity index (χ0) is 13.8. The molecule has 0 amide bonds. The van der Waals surface area contributed by atoms with E-state index in [-0.39, 0.29) is 12.4 Å². The van der Waals surface area contributed by atoms with E-state index in [0.717, 1.165) is 25.2 Å². The number of unbranched alkanes of at least 4 members (excludes halogenated alkanes) is 1. The van der Waals surface area contributed by atoms with E-state index in [1.54, 1.807) is 6.07 Å². The Hall–Kier alpha value is -0.150. The minimum atomic E-state index is 0. The Morgan fingerprint density at radius 3 is 2.50 bits per heavy atom. The van der Waals surface area contributed by atoms with Gasteiger partial charge in [-0.2, -0.15) is 0 Å². The van der Waals surface area contributed by atoms with Crippen LogP contribution in [0.2, 0.25) is 10.0 Å². The van der Waals surface area contributed by atoms with Crippen molar-refractivity contribution in [3.63, 3.8) is 0 Å². The molecular formula is C15H23Cl3N2. The molecule has 0 radical (unpaired) electrons. The van der Waals surface area contributed by atoms with Gasteiger partial charge in [0.1, 0.15) is 0 Å².